The van der Waals surface area contributed by atoms with Crippen LogP contribution in [0.5, 0.6) is 0 Å². The van der Waals surface area contributed by atoms with E-state index >= 15 is 0 Å². The van der Waals surface area contributed by atoms with E-state index in [0.29, 0.717) is 0 Å². The van der Waals surface area contributed by atoms with E-state index in [1.54, 1.807) is 0 Å². The maximum atomic E-state index is 3.84. The summed E-state index contributed by atoms with van der Waals surface area (Å²) in [5, 5.41) is 0. The quantitative estimate of drug-likeness (QED) is 0.522. The molecule has 0 saturated heterocycles. The molecule has 0 aromatic heterocycles. The van der Waals surface area contributed by atoms with E-state index in [1.807, 2.05) is 0 Å². The summed E-state index contributed by atoms with van der Waals surface area (Å²) in [5.41, 5.74) is 0. The zero-order chi connectivity index (χ0) is 7.40. The maximum absolute atomic E-state index is 3.84. The Morgan fingerprint density at radius 3 is 2.70 bits per heavy atom. The Bertz CT molecular complexity index is 105. The van der Waals surface area contributed by atoms with Gasteiger partial charge in [0.2, 0.25) is 0 Å². The molecule has 0 amide bonds. The molecule has 1 aliphatic rings. The first-order chi connectivity index (χ1) is 4.88. The highest BCUT2D eigenvalue weighted by Crippen LogP contribution is 2.38. The van der Waals surface area contributed by atoms with Crippen molar-refractivity contribution in [2.24, 2.45) is 11.8 Å². The Labute approximate surface area is 64.3 Å². The fourth-order valence-electron chi connectivity index (χ4n) is 1.73. The summed E-state index contributed by atoms with van der Waals surface area (Å²) in [4.78, 5) is 0. The topological polar surface area (TPSA) is 0 Å². The molecule has 0 bridgehead atoms. The Hall–Kier alpha value is -0.260. The van der Waals surface area contributed by atoms with Crippen LogP contribution in [0.2, 0.25) is 0 Å². The minimum absolute atomic E-state index is 0.867. The van der Waals surface area contributed by atoms with Crippen LogP contribution >= 0.6 is 0 Å². The molecule has 0 spiro atoms. The van der Waals surface area contributed by atoms with Gasteiger partial charge in [-0.1, -0.05) is 25.8 Å². The molecule has 0 nitrogen and oxygen atoms in total. The van der Waals surface area contributed by atoms with E-state index in [2.05, 4.69) is 19.6 Å². The molecule has 0 radical (unpaired) electrons. The Morgan fingerprint density at radius 1 is 1.50 bits per heavy atom. The van der Waals surface area contributed by atoms with Crippen LogP contribution in [0.1, 0.15) is 39.0 Å². The van der Waals surface area contributed by atoms with Gasteiger partial charge in [0.1, 0.15) is 0 Å². The Morgan fingerprint density at radius 2 is 2.30 bits per heavy atom. The third-order valence-electron chi connectivity index (χ3n) is 2.71. The average Bonchev–Trinajstić information content (AvgIpc) is 1.88. The molecule has 0 aromatic carbocycles. The Balaban J connectivity index is 2.10. The number of rotatable bonds is 4. The molecular formula is C10H18. The van der Waals surface area contributed by atoms with Gasteiger partial charge in [0, 0.05) is 0 Å². The van der Waals surface area contributed by atoms with Crippen molar-refractivity contribution in [3.05, 3.63) is 12.7 Å². The molecule has 10 heavy (non-hydrogen) atoms. The van der Waals surface area contributed by atoms with E-state index < -0.39 is 0 Å². The number of hydrogen-bond acceptors (Lipinski definition) is 0. The SMILES string of the molecule is C=CC1CCC1CCCC. The summed E-state index contributed by atoms with van der Waals surface area (Å²) in [6, 6.07) is 0. The number of allylic oxidation sites excluding steroid dienone is 1. The summed E-state index contributed by atoms with van der Waals surface area (Å²) >= 11 is 0. The highest BCUT2D eigenvalue weighted by molar-refractivity contribution is 4.91. The highest BCUT2D eigenvalue weighted by atomic mass is 14.3. The molecule has 1 fully saturated rings. The second kappa shape index (κ2) is 3.80. The predicted octanol–water partition coefficient (Wildman–Crippen LogP) is 3.39. The number of unbranched alkanes of at least 4 members (excludes halogenated alkanes) is 1. The second-order valence-corrected chi connectivity index (χ2v) is 3.38. The smallest absolute Gasteiger partial charge is 0.0208 e. The zero-order valence-corrected chi connectivity index (χ0v) is 6.97. The van der Waals surface area contributed by atoms with Gasteiger partial charge in [-0.2, -0.15) is 0 Å². The summed E-state index contributed by atoms with van der Waals surface area (Å²) in [5.74, 6) is 1.86. The van der Waals surface area contributed by atoms with E-state index in [0.717, 1.165) is 11.8 Å². The van der Waals surface area contributed by atoms with Crippen molar-refractivity contribution in [2.75, 3.05) is 0 Å². The van der Waals surface area contributed by atoms with Crippen molar-refractivity contribution in [3.8, 4) is 0 Å². The first-order valence-corrected chi connectivity index (χ1v) is 4.51. The van der Waals surface area contributed by atoms with Gasteiger partial charge in [-0.25, -0.2) is 0 Å². The van der Waals surface area contributed by atoms with Gasteiger partial charge in [0.15, 0.2) is 0 Å². The molecule has 0 N–H and O–H groups in total. The lowest BCUT2D eigenvalue weighted by Gasteiger charge is -2.34. The predicted molar refractivity (Wildman–Crippen MR) is 45.9 cm³/mol. The van der Waals surface area contributed by atoms with Crippen LogP contribution in [-0.2, 0) is 0 Å². The molecular weight excluding hydrogens is 120 g/mol. The Kier molecular flexibility index (Phi) is 2.98. The van der Waals surface area contributed by atoms with Crippen molar-refractivity contribution in [1.82, 2.24) is 0 Å². The largest absolute Gasteiger partial charge is 0.103 e. The van der Waals surface area contributed by atoms with Crippen molar-refractivity contribution < 1.29 is 0 Å². The number of hydrogen-bond donors (Lipinski definition) is 0. The second-order valence-electron chi connectivity index (χ2n) is 3.38. The van der Waals surface area contributed by atoms with Gasteiger partial charge in [0.05, 0.1) is 0 Å². The van der Waals surface area contributed by atoms with Gasteiger partial charge in [0.25, 0.3) is 0 Å². The van der Waals surface area contributed by atoms with Crippen LogP contribution < -0.4 is 0 Å². The molecule has 0 heteroatoms. The van der Waals surface area contributed by atoms with Gasteiger partial charge >= 0.3 is 0 Å². The van der Waals surface area contributed by atoms with Crippen LogP contribution in [0, 0.1) is 11.8 Å². The van der Waals surface area contributed by atoms with Gasteiger partial charge in [-0.05, 0) is 31.1 Å². The monoisotopic (exact) mass is 138 g/mol. The summed E-state index contributed by atoms with van der Waals surface area (Å²) < 4.78 is 0. The lowest BCUT2D eigenvalue weighted by molar-refractivity contribution is 0.208. The van der Waals surface area contributed by atoms with Crippen LogP contribution in [0.3, 0.4) is 0 Å². The first-order valence-electron chi connectivity index (χ1n) is 4.51. The van der Waals surface area contributed by atoms with E-state index in [-0.39, 0.29) is 0 Å². The minimum atomic E-state index is 0.867. The lowest BCUT2D eigenvalue weighted by Crippen LogP contribution is -2.23. The third kappa shape index (κ3) is 1.62. The molecule has 2 unspecified atom stereocenters. The summed E-state index contributed by atoms with van der Waals surface area (Å²) in [6.07, 6.45) is 9.20. The molecule has 1 rings (SSSR count). The van der Waals surface area contributed by atoms with Crippen LogP contribution in [-0.4, -0.2) is 0 Å². The standard InChI is InChI=1S/C10H18/c1-3-5-6-10-8-7-9(10)4-2/h4,9-10H,2-3,5-8H2,1H3. The molecule has 0 aromatic rings. The van der Waals surface area contributed by atoms with Crippen molar-refractivity contribution in [1.29, 1.82) is 0 Å². The van der Waals surface area contributed by atoms with Crippen LogP contribution in [0.4, 0.5) is 0 Å². The maximum Gasteiger partial charge on any atom is -0.0208 e. The highest BCUT2D eigenvalue weighted by Gasteiger charge is 2.26. The van der Waals surface area contributed by atoms with Crippen molar-refractivity contribution in [3.63, 3.8) is 0 Å². The fourth-order valence-corrected chi connectivity index (χ4v) is 1.73. The normalized spacial score (nSPS) is 31.3. The lowest BCUT2D eigenvalue weighted by atomic mass is 9.71. The molecule has 0 aliphatic heterocycles. The van der Waals surface area contributed by atoms with E-state index in [4.69, 9.17) is 0 Å². The van der Waals surface area contributed by atoms with Crippen molar-refractivity contribution >= 4 is 0 Å². The van der Waals surface area contributed by atoms with Crippen LogP contribution in [0.15, 0.2) is 12.7 Å². The molecule has 1 aliphatic carbocycles. The summed E-state index contributed by atoms with van der Waals surface area (Å²) in [7, 11) is 0. The fraction of sp³-hybridized carbons (Fsp3) is 0.800. The average molecular weight is 138 g/mol. The van der Waals surface area contributed by atoms with Gasteiger partial charge in [-0.15, -0.1) is 6.58 Å². The van der Waals surface area contributed by atoms with Gasteiger partial charge in [-0.3, -0.25) is 0 Å². The van der Waals surface area contributed by atoms with E-state index in [9.17, 15) is 0 Å². The first kappa shape index (κ1) is 7.84. The van der Waals surface area contributed by atoms with E-state index in [1.165, 1.54) is 32.1 Å². The van der Waals surface area contributed by atoms with Crippen LogP contribution in [0.25, 0.3) is 0 Å². The third-order valence-corrected chi connectivity index (χ3v) is 2.71. The molecule has 0 heterocycles. The molecule has 1 saturated carbocycles. The van der Waals surface area contributed by atoms with Gasteiger partial charge < -0.3 is 0 Å². The minimum Gasteiger partial charge on any atom is -0.103 e. The van der Waals surface area contributed by atoms with Crippen molar-refractivity contribution in [2.45, 2.75) is 39.0 Å². The molecule has 2 atom stereocenters. The molecule has 58 valence electrons. The summed E-state index contributed by atoms with van der Waals surface area (Å²) in [6.45, 7) is 6.11. The zero-order valence-electron chi connectivity index (χ0n) is 6.97.